The number of hydrogen-bond donors (Lipinski definition) is 1. The summed E-state index contributed by atoms with van der Waals surface area (Å²) < 4.78 is 10.6. The van der Waals surface area contributed by atoms with Gasteiger partial charge in [-0.05, 0) is 36.8 Å². The van der Waals surface area contributed by atoms with Crippen LogP contribution in [0, 0.1) is 6.92 Å². The van der Waals surface area contributed by atoms with Gasteiger partial charge >= 0.3 is 5.63 Å². The molecule has 0 saturated heterocycles. The van der Waals surface area contributed by atoms with Crippen molar-refractivity contribution in [3.63, 3.8) is 0 Å². The van der Waals surface area contributed by atoms with Crippen molar-refractivity contribution in [2.24, 2.45) is 0 Å². The molecule has 0 aliphatic heterocycles. The highest BCUT2D eigenvalue weighted by molar-refractivity contribution is 6.39. The van der Waals surface area contributed by atoms with Crippen LogP contribution in [-0.4, -0.2) is 12.5 Å². The summed E-state index contributed by atoms with van der Waals surface area (Å²) in [5, 5.41) is 4.08. The number of ether oxygens (including phenoxy) is 1. The predicted octanol–water partition coefficient (Wildman–Crippen LogP) is 4.43. The minimum atomic E-state index is -0.437. The highest BCUT2D eigenvalue weighted by Gasteiger charge is 2.11. The first-order chi connectivity index (χ1) is 11.9. The molecule has 2 aromatic carbocycles. The number of rotatable bonds is 4. The average molecular weight is 378 g/mol. The first kappa shape index (κ1) is 17.3. The van der Waals surface area contributed by atoms with Gasteiger partial charge in [-0.25, -0.2) is 4.79 Å². The topological polar surface area (TPSA) is 68.5 Å². The summed E-state index contributed by atoms with van der Waals surface area (Å²) in [7, 11) is 0. The Morgan fingerprint density at radius 1 is 1.16 bits per heavy atom. The van der Waals surface area contributed by atoms with Crippen molar-refractivity contribution in [3.05, 3.63) is 68.5 Å². The molecule has 0 atom stereocenters. The minimum Gasteiger partial charge on any atom is -0.484 e. The van der Waals surface area contributed by atoms with E-state index in [2.05, 4.69) is 5.32 Å². The average Bonchev–Trinajstić information content (AvgIpc) is 2.56. The zero-order valence-electron chi connectivity index (χ0n) is 13.1. The second kappa shape index (κ2) is 7.17. The van der Waals surface area contributed by atoms with Crippen molar-refractivity contribution in [1.29, 1.82) is 0 Å². The third-order valence-corrected chi connectivity index (χ3v) is 4.15. The molecular weight excluding hydrogens is 365 g/mol. The summed E-state index contributed by atoms with van der Waals surface area (Å²) >= 11 is 12.0. The maximum absolute atomic E-state index is 12.0. The van der Waals surface area contributed by atoms with E-state index in [4.69, 9.17) is 32.4 Å². The molecule has 0 aliphatic rings. The van der Waals surface area contributed by atoms with Gasteiger partial charge in [-0.15, -0.1) is 0 Å². The Kier molecular flexibility index (Phi) is 4.97. The van der Waals surface area contributed by atoms with E-state index in [1.54, 1.807) is 36.4 Å². The number of benzene rings is 2. The van der Waals surface area contributed by atoms with Gasteiger partial charge in [0.2, 0.25) is 0 Å². The Balaban J connectivity index is 1.72. The second-order valence-corrected chi connectivity index (χ2v) is 6.15. The number of aryl methyl sites for hydroxylation is 1. The molecule has 0 radical (unpaired) electrons. The smallest absolute Gasteiger partial charge is 0.336 e. The molecule has 0 saturated carbocycles. The molecule has 128 valence electrons. The first-order valence-corrected chi connectivity index (χ1v) is 8.11. The molecule has 1 aromatic heterocycles. The first-order valence-electron chi connectivity index (χ1n) is 7.35. The van der Waals surface area contributed by atoms with Gasteiger partial charge in [0.15, 0.2) is 6.61 Å². The zero-order valence-corrected chi connectivity index (χ0v) is 14.6. The van der Waals surface area contributed by atoms with Crippen molar-refractivity contribution in [3.8, 4) is 5.75 Å². The number of anilines is 1. The number of carbonyl (C=O) groups is 1. The summed E-state index contributed by atoms with van der Waals surface area (Å²) in [4.78, 5) is 23.5. The second-order valence-electron chi connectivity index (χ2n) is 5.34. The van der Waals surface area contributed by atoms with Gasteiger partial charge in [0, 0.05) is 17.5 Å². The number of carbonyl (C=O) groups excluding carboxylic acids is 1. The molecule has 1 amide bonds. The Morgan fingerprint density at radius 2 is 1.88 bits per heavy atom. The fraction of sp³-hybridized carbons (Fsp3) is 0.111. The molecule has 25 heavy (non-hydrogen) atoms. The number of halogens is 2. The largest absolute Gasteiger partial charge is 0.484 e. The fourth-order valence-electron chi connectivity index (χ4n) is 2.34. The normalized spacial score (nSPS) is 10.7. The Labute approximate surface area is 153 Å². The van der Waals surface area contributed by atoms with Crippen LogP contribution in [0.15, 0.2) is 51.7 Å². The lowest BCUT2D eigenvalue weighted by atomic mass is 10.1. The Hall–Kier alpha value is -2.50. The third kappa shape index (κ3) is 3.95. The highest BCUT2D eigenvalue weighted by Crippen LogP contribution is 2.29. The highest BCUT2D eigenvalue weighted by atomic mass is 35.5. The van der Waals surface area contributed by atoms with Gasteiger partial charge in [0.25, 0.3) is 5.91 Å². The molecule has 0 bridgehead atoms. The number of nitrogens with one attached hydrogen (secondary N) is 1. The number of fused-ring (bicyclic) bond motifs is 1. The monoisotopic (exact) mass is 377 g/mol. The maximum atomic E-state index is 12.0. The van der Waals surface area contributed by atoms with Crippen LogP contribution in [0.5, 0.6) is 5.75 Å². The molecule has 0 unspecified atom stereocenters. The van der Waals surface area contributed by atoms with Gasteiger partial charge in [-0.2, -0.15) is 0 Å². The molecule has 3 aromatic rings. The number of hydrogen-bond acceptors (Lipinski definition) is 4. The summed E-state index contributed by atoms with van der Waals surface area (Å²) in [5.41, 5.74) is 1.11. The Morgan fingerprint density at radius 3 is 2.60 bits per heavy atom. The zero-order chi connectivity index (χ0) is 18.0. The van der Waals surface area contributed by atoms with Crippen LogP contribution in [0.2, 0.25) is 10.0 Å². The van der Waals surface area contributed by atoms with E-state index < -0.39 is 11.5 Å². The van der Waals surface area contributed by atoms with Gasteiger partial charge in [0.05, 0.1) is 15.7 Å². The minimum absolute atomic E-state index is 0.247. The summed E-state index contributed by atoms with van der Waals surface area (Å²) in [6.45, 7) is 1.57. The van der Waals surface area contributed by atoms with Crippen molar-refractivity contribution < 1.29 is 13.9 Å². The van der Waals surface area contributed by atoms with E-state index in [1.807, 2.05) is 6.92 Å². The van der Waals surface area contributed by atoms with E-state index in [0.717, 1.165) is 10.9 Å². The van der Waals surface area contributed by atoms with Gasteiger partial charge in [0.1, 0.15) is 11.3 Å². The fourth-order valence-corrected chi connectivity index (χ4v) is 2.83. The molecule has 5 nitrogen and oxygen atoms in total. The quantitative estimate of drug-likeness (QED) is 0.683. The van der Waals surface area contributed by atoms with Crippen LogP contribution in [0.4, 0.5) is 5.69 Å². The van der Waals surface area contributed by atoms with Crippen molar-refractivity contribution in [2.75, 3.05) is 11.9 Å². The number of amides is 1. The van der Waals surface area contributed by atoms with Gasteiger partial charge < -0.3 is 14.5 Å². The number of para-hydroxylation sites is 1. The SMILES string of the molecule is Cc1cc(=O)oc2cc(OCC(=O)Nc3c(Cl)cccc3Cl)ccc12. The van der Waals surface area contributed by atoms with Crippen LogP contribution < -0.4 is 15.7 Å². The molecule has 0 spiro atoms. The molecule has 3 rings (SSSR count). The summed E-state index contributed by atoms with van der Waals surface area (Å²) in [6.07, 6.45) is 0. The molecule has 1 N–H and O–H groups in total. The van der Waals surface area contributed by atoms with Crippen LogP contribution in [0.25, 0.3) is 11.0 Å². The Bertz CT molecular complexity index is 993. The lowest BCUT2D eigenvalue weighted by Gasteiger charge is -2.10. The lowest BCUT2D eigenvalue weighted by molar-refractivity contribution is -0.118. The van der Waals surface area contributed by atoms with Crippen molar-refractivity contribution in [1.82, 2.24) is 0 Å². The van der Waals surface area contributed by atoms with E-state index in [-0.39, 0.29) is 6.61 Å². The van der Waals surface area contributed by atoms with E-state index in [0.29, 0.717) is 27.1 Å². The molecule has 7 heteroatoms. The van der Waals surface area contributed by atoms with Gasteiger partial charge in [-0.3, -0.25) is 4.79 Å². The van der Waals surface area contributed by atoms with Crippen LogP contribution in [0.1, 0.15) is 5.56 Å². The molecule has 1 heterocycles. The van der Waals surface area contributed by atoms with E-state index >= 15 is 0 Å². The van der Waals surface area contributed by atoms with Crippen molar-refractivity contribution >= 4 is 45.8 Å². The molecule has 0 fully saturated rings. The molecular formula is C18H13Cl2NO4. The summed E-state index contributed by atoms with van der Waals surface area (Å²) in [6, 6.07) is 11.4. The standard InChI is InChI=1S/C18H13Cl2NO4/c1-10-7-17(23)25-15-8-11(5-6-12(10)15)24-9-16(22)21-18-13(19)3-2-4-14(18)20/h2-8H,9H2,1H3,(H,21,22). The van der Waals surface area contributed by atoms with Crippen LogP contribution in [0.3, 0.4) is 0 Å². The van der Waals surface area contributed by atoms with E-state index in [9.17, 15) is 9.59 Å². The maximum Gasteiger partial charge on any atom is 0.336 e. The predicted molar refractivity (Wildman–Crippen MR) is 97.8 cm³/mol. The molecule has 0 aliphatic carbocycles. The van der Waals surface area contributed by atoms with Crippen molar-refractivity contribution in [2.45, 2.75) is 6.92 Å². The summed E-state index contributed by atoms with van der Waals surface area (Å²) in [5.74, 6) is -0.0116. The van der Waals surface area contributed by atoms with Gasteiger partial charge in [-0.1, -0.05) is 29.3 Å². The van der Waals surface area contributed by atoms with Crippen LogP contribution >= 0.6 is 23.2 Å². The van der Waals surface area contributed by atoms with E-state index in [1.165, 1.54) is 6.07 Å². The third-order valence-electron chi connectivity index (χ3n) is 3.52. The lowest BCUT2D eigenvalue weighted by Crippen LogP contribution is -2.20. The van der Waals surface area contributed by atoms with Crippen LogP contribution in [-0.2, 0) is 4.79 Å².